The summed E-state index contributed by atoms with van der Waals surface area (Å²) >= 11 is 6.43. The maximum atomic E-state index is 14.1. The zero-order valence-corrected chi connectivity index (χ0v) is 24.4. The van der Waals surface area contributed by atoms with Gasteiger partial charge in [-0.15, -0.1) is 0 Å². The molecular weight excluding hydrogens is 534 g/mol. The number of amides is 2. The predicted molar refractivity (Wildman–Crippen MR) is 156 cm³/mol. The summed E-state index contributed by atoms with van der Waals surface area (Å²) in [6.07, 6.45) is 1.07. The van der Waals surface area contributed by atoms with Crippen LogP contribution in [0.25, 0.3) is 0 Å². The molecule has 0 heterocycles. The highest BCUT2D eigenvalue weighted by Gasteiger charge is 2.34. The molecular formula is C30H36ClN3O4S. The van der Waals surface area contributed by atoms with Gasteiger partial charge in [0, 0.05) is 17.6 Å². The Labute approximate surface area is 236 Å². The lowest BCUT2D eigenvalue weighted by Crippen LogP contribution is -2.53. The lowest BCUT2D eigenvalue weighted by Gasteiger charge is -2.34. The summed E-state index contributed by atoms with van der Waals surface area (Å²) < 4.78 is 28.8. The van der Waals surface area contributed by atoms with Crippen molar-refractivity contribution in [1.82, 2.24) is 10.2 Å². The van der Waals surface area contributed by atoms with Crippen molar-refractivity contribution >= 4 is 39.1 Å². The first-order chi connectivity index (χ1) is 18.6. The van der Waals surface area contributed by atoms with Crippen LogP contribution in [-0.2, 0) is 26.2 Å². The topological polar surface area (TPSA) is 86.8 Å². The molecule has 0 fully saturated rings. The molecule has 0 aromatic heterocycles. The molecule has 0 aliphatic carbocycles. The average Bonchev–Trinajstić information content (AvgIpc) is 2.92. The second kappa shape index (κ2) is 13.6. The Morgan fingerprint density at radius 1 is 0.923 bits per heavy atom. The van der Waals surface area contributed by atoms with Crippen LogP contribution in [0.1, 0.15) is 44.7 Å². The van der Waals surface area contributed by atoms with Gasteiger partial charge in [0.15, 0.2) is 0 Å². The van der Waals surface area contributed by atoms with Crippen LogP contribution >= 0.6 is 11.6 Å². The number of carbonyl (C=O) groups is 2. The minimum absolute atomic E-state index is 0.0536. The van der Waals surface area contributed by atoms with Crippen LogP contribution < -0.4 is 9.62 Å². The normalized spacial score (nSPS) is 12.8. The highest BCUT2D eigenvalue weighted by Crippen LogP contribution is 2.26. The molecule has 0 radical (unpaired) electrons. The first-order valence-electron chi connectivity index (χ1n) is 13.1. The monoisotopic (exact) mass is 569 g/mol. The first kappa shape index (κ1) is 30.2. The van der Waals surface area contributed by atoms with E-state index in [1.165, 1.54) is 17.0 Å². The summed E-state index contributed by atoms with van der Waals surface area (Å²) in [6.45, 7) is 7.11. The molecule has 3 aromatic rings. The van der Waals surface area contributed by atoms with Gasteiger partial charge in [-0.25, -0.2) is 8.42 Å². The predicted octanol–water partition coefficient (Wildman–Crippen LogP) is 5.57. The summed E-state index contributed by atoms with van der Waals surface area (Å²) in [5.41, 5.74) is 1.87. The lowest BCUT2D eigenvalue weighted by molar-refractivity contribution is -0.140. The van der Waals surface area contributed by atoms with Crippen LogP contribution in [0.5, 0.6) is 0 Å². The highest BCUT2D eigenvalue weighted by molar-refractivity contribution is 7.92. The Morgan fingerprint density at radius 3 is 2.21 bits per heavy atom. The van der Waals surface area contributed by atoms with Crippen molar-refractivity contribution in [1.29, 1.82) is 0 Å². The average molecular weight is 570 g/mol. The fraction of sp³-hybridized carbons (Fsp3) is 0.333. The number of aryl methyl sites for hydroxylation is 1. The summed E-state index contributed by atoms with van der Waals surface area (Å²) in [6, 6.07) is 21.2. The van der Waals surface area contributed by atoms with Gasteiger partial charge in [0.25, 0.3) is 10.0 Å². The quantitative estimate of drug-likeness (QED) is 0.309. The Morgan fingerprint density at radius 2 is 1.59 bits per heavy atom. The number of anilines is 1. The molecule has 2 unspecified atom stereocenters. The Kier molecular flexibility index (Phi) is 10.5. The Bertz CT molecular complexity index is 1380. The van der Waals surface area contributed by atoms with E-state index in [9.17, 15) is 18.0 Å². The number of carbonyl (C=O) groups excluding carboxylic acids is 2. The summed E-state index contributed by atoms with van der Waals surface area (Å²) in [5.74, 6) is -0.803. The van der Waals surface area contributed by atoms with Gasteiger partial charge >= 0.3 is 0 Å². The molecule has 2 amide bonds. The number of rotatable bonds is 12. The van der Waals surface area contributed by atoms with Crippen LogP contribution in [0.2, 0.25) is 5.02 Å². The highest BCUT2D eigenvalue weighted by atomic mass is 35.5. The van der Waals surface area contributed by atoms with Gasteiger partial charge in [-0.3, -0.25) is 13.9 Å². The molecule has 0 saturated carbocycles. The number of halogens is 1. The van der Waals surface area contributed by atoms with Crippen molar-refractivity contribution in [2.75, 3.05) is 10.8 Å². The van der Waals surface area contributed by atoms with Crippen LogP contribution in [0.4, 0.5) is 5.69 Å². The van der Waals surface area contributed by atoms with Crippen molar-refractivity contribution in [2.45, 2.75) is 64.1 Å². The van der Waals surface area contributed by atoms with E-state index in [-0.39, 0.29) is 23.4 Å². The van der Waals surface area contributed by atoms with Crippen molar-refractivity contribution in [3.05, 3.63) is 95.0 Å². The molecule has 3 rings (SSSR count). The molecule has 39 heavy (non-hydrogen) atoms. The van der Waals surface area contributed by atoms with Gasteiger partial charge in [-0.05, 0) is 68.1 Å². The van der Waals surface area contributed by atoms with E-state index in [0.29, 0.717) is 22.7 Å². The second-order valence-corrected chi connectivity index (χ2v) is 11.8. The molecule has 0 spiro atoms. The SMILES string of the molecule is CCC(C)NC(=O)C(CC)N(Cc1ccccc1Cl)C(=O)CN(c1cccc(C)c1)S(=O)(=O)c1ccccc1. The van der Waals surface area contributed by atoms with Crippen molar-refractivity contribution < 1.29 is 18.0 Å². The van der Waals surface area contributed by atoms with Gasteiger partial charge in [0.05, 0.1) is 10.6 Å². The number of hydrogen-bond donors (Lipinski definition) is 1. The molecule has 2 atom stereocenters. The second-order valence-electron chi connectivity index (χ2n) is 9.52. The maximum absolute atomic E-state index is 14.1. The maximum Gasteiger partial charge on any atom is 0.264 e. The Hall–Kier alpha value is -3.36. The fourth-order valence-corrected chi connectivity index (χ4v) is 5.82. The number of sulfonamides is 1. The molecule has 208 valence electrons. The number of hydrogen-bond acceptors (Lipinski definition) is 4. The van der Waals surface area contributed by atoms with Gasteiger partial charge in [-0.2, -0.15) is 0 Å². The zero-order chi connectivity index (χ0) is 28.6. The molecule has 9 heteroatoms. The van der Waals surface area contributed by atoms with Crippen molar-refractivity contribution in [2.24, 2.45) is 0 Å². The molecule has 1 N–H and O–H groups in total. The standard InChI is InChI=1S/C30H36ClN3O4S/c1-5-23(4)32-30(36)28(6-2)33(20-24-14-10-11-18-27(24)31)29(35)21-34(25-15-12-13-22(3)19-25)39(37,38)26-16-8-7-9-17-26/h7-19,23,28H,5-6,20-21H2,1-4H3,(H,32,36). The fourth-order valence-electron chi connectivity index (χ4n) is 4.20. The molecule has 0 saturated heterocycles. The molecule has 0 aliphatic heterocycles. The molecule has 0 bridgehead atoms. The van der Waals surface area contributed by atoms with Crippen LogP contribution in [0, 0.1) is 6.92 Å². The van der Waals surface area contributed by atoms with Gasteiger partial charge < -0.3 is 10.2 Å². The van der Waals surface area contributed by atoms with E-state index < -0.39 is 28.5 Å². The van der Waals surface area contributed by atoms with Crippen LogP contribution in [0.3, 0.4) is 0 Å². The lowest BCUT2D eigenvalue weighted by atomic mass is 10.1. The van der Waals surface area contributed by atoms with E-state index >= 15 is 0 Å². The number of nitrogens with one attached hydrogen (secondary N) is 1. The summed E-state index contributed by atoms with van der Waals surface area (Å²) in [5, 5.41) is 3.43. The van der Waals surface area contributed by atoms with E-state index in [1.54, 1.807) is 54.6 Å². The Balaban J connectivity index is 2.06. The largest absolute Gasteiger partial charge is 0.352 e. The van der Waals surface area contributed by atoms with Gasteiger partial charge in [0.2, 0.25) is 11.8 Å². The number of nitrogens with zero attached hydrogens (tertiary/aromatic N) is 2. The summed E-state index contributed by atoms with van der Waals surface area (Å²) in [4.78, 5) is 28.9. The van der Waals surface area contributed by atoms with Crippen LogP contribution in [0.15, 0.2) is 83.8 Å². The van der Waals surface area contributed by atoms with E-state index in [4.69, 9.17) is 11.6 Å². The third kappa shape index (κ3) is 7.61. The van der Waals surface area contributed by atoms with E-state index in [1.807, 2.05) is 39.8 Å². The van der Waals surface area contributed by atoms with Gasteiger partial charge in [0.1, 0.15) is 12.6 Å². The van der Waals surface area contributed by atoms with E-state index in [2.05, 4.69) is 5.32 Å². The van der Waals surface area contributed by atoms with Gasteiger partial charge in [-0.1, -0.05) is 74.0 Å². The smallest absolute Gasteiger partial charge is 0.264 e. The van der Waals surface area contributed by atoms with E-state index in [0.717, 1.165) is 16.3 Å². The minimum atomic E-state index is -4.10. The molecule has 0 aliphatic rings. The van der Waals surface area contributed by atoms with Crippen molar-refractivity contribution in [3.8, 4) is 0 Å². The minimum Gasteiger partial charge on any atom is -0.352 e. The van der Waals surface area contributed by atoms with Crippen LogP contribution in [-0.4, -0.2) is 43.8 Å². The summed E-state index contributed by atoms with van der Waals surface area (Å²) in [7, 11) is -4.10. The molecule has 3 aromatic carbocycles. The molecule has 7 nitrogen and oxygen atoms in total. The zero-order valence-electron chi connectivity index (χ0n) is 22.8. The van der Waals surface area contributed by atoms with Crippen molar-refractivity contribution in [3.63, 3.8) is 0 Å². The number of benzene rings is 3. The first-order valence-corrected chi connectivity index (χ1v) is 14.9. The third-order valence-electron chi connectivity index (χ3n) is 6.59. The third-order valence-corrected chi connectivity index (χ3v) is 8.74.